The van der Waals surface area contributed by atoms with E-state index < -0.39 is 0 Å². The van der Waals surface area contributed by atoms with E-state index in [0.29, 0.717) is 22.5 Å². The van der Waals surface area contributed by atoms with Crippen LogP contribution in [0.3, 0.4) is 0 Å². The molecule has 4 aliphatic carbocycles. The van der Waals surface area contributed by atoms with Crippen LogP contribution in [-0.2, 0) is 4.79 Å². The first-order chi connectivity index (χ1) is 13.6. The SMILES string of the molecule is CC(=O)CCC(C)C1CCC2C3C(C)CC4CC(C)CCC4(C)C3CC(C)C12C. The van der Waals surface area contributed by atoms with Gasteiger partial charge in [-0.05, 0) is 116 Å². The van der Waals surface area contributed by atoms with Gasteiger partial charge in [-0.2, -0.15) is 0 Å². The normalized spacial score (nSPS) is 52.9. The second kappa shape index (κ2) is 7.67. The number of fused-ring (bicyclic) bond motifs is 5. The molecule has 0 spiro atoms. The van der Waals surface area contributed by atoms with Crippen LogP contribution in [0.1, 0.15) is 106 Å². The van der Waals surface area contributed by atoms with Gasteiger partial charge in [0.1, 0.15) is 5.78 Å². The molecule has 4 saturated carbocycles. The number of ketones is 1. The number of Topliss-reactive ketones (excluding diaryl/α,β-unsaturated/α-hetero) is 1. The number of hydrogen-bond donors (Lipinski definition) is 0. The van der Waals surface area contributed by atoms with Crippen molar-refractivity contribution in [2.24, 2.45) is 64.1 Å². The Hall–Kier alpha value is -0.330. The average molecular weight is 401 g/mol. The van der Waals surface area contributed by atoms with Gasteiger partial charge < -0.3 is 4.79 Å². The highest BCUT2D eigenvalue weighted by molar-refractivity contribution is 5.75. The first-order valence-corrected chi connectivity index (χ1v) is 13.1. The Kier molecular flexibility index (Phi) is 5.79. The van der Waals surface area contributed by atoms with Crippen molar-refractivity contribution in [1.82, 2.24) is 0 Å². The zero-order valence-electron chi connectivity index (χ0n) is 20.5. The van der Waals surface area contributed by atoms with Crippen molar-refractivity contribution in [2.75, 3.05) is 0 Å². The maximum Gasteiger partial charge on any atom is 0.129 e. The van der Waals surface area contributed by atoms with Gasteiger partial charge in [-0.25, -0.2) is 0 Å². The monoisotopic (exact) mass is 400 g/mol. The van der Waals surface area contributed by atoms with E-state index in [-0.39, 0.29) is 0 Å². The van der Waals surface area contributed by atoms with Gasteiger partial charge in [-0.15, -0.1) is 0 Å². The lowest BCUT2D eigenvalue weighted by atomic mass is 9.40. The van der Waals surface area contributed by atoms with E-state index in [1.54, 1.807) is 6.92 Å². The molecule has 1 nitrogen and oxygen atoms in total. The molecule has 0 aromatic rings. The summed E-state index contributed by atoms with van der Waals surface area (Å²) in [6.45, 7) is 17.4. The quantitative estimate of drug-likeness (QED) is 0.471. The van der Waals surface area contributed by atoms with Crippen molar-refractivity contribution in [3.05, 3.63) is 0 Å². The predicted molar refractivity (Wildman–Crippen MR) is 123 cm³/mol. The molecule has 0 radical (unpaired) electrons. The summed E-state index contributed by atoms with van der Waals surface area (Å²) in [6, 6.07) is 0. The fraction of sp³-hybridized carbons (Fsp3) is 0.964. The highest BCUT2D eigenvalue weighted by atomic mass is 16.1. The lowest BCUT2D eigenvalue weighted by Crippen LogP contribution is -2.58. The van der Waals surface area contributed by atoms with Gasteiger partial charge in [0.2, 0.25) is 0 Å². The van der Waals surface area contributed by atoms with Crippen molar-refractivity contribution in [3.63, 3.8) is 0 Å². The van der Waals surface area contributed by atoms with Crippen molar-refractivity contribution < 1.29 is 4.79 Å². The zero-order valence-corrected chi connectivity index (χ0v) is 20.5. The Morgan fingerprint density at radius 1 is 1.00 bits per heavy atom. The molecule has 4 fully saturated rings. The van der Waals surface area contributed by atoms with Gasteiger partial charge in [0.05, 0.1) is 0 Å². The van der Waals surface area contributed by atoms with Crippen molar-refractivity contribution >= 4 is 5.78 Å². The summed E-state index contributed by atoms with van der Waals surface area (Å²) < 4.78 is 0. The second-order valence-corrected chi connectivity index (χ2v) is 13.0. The van der Waals surface area contributed by atoms with Crippen molar-refractivity contribution in [3.8, 4) is 0 Å². The summed E-state index contributed by atoms with van der Waals surface area (Å²) in [5, 5.41) is 0. The van der Waals surface area contributed by atoms with Crippen LogP contribution < -0.4 is 0 Å². The summed E-state index contributed by atoms with van der Waals surface area (Å²) in [5.41, 5.74) is 1.11. The van der Waals surface area contributed by atoms with Crippen LogP contribution in [0.4, 0.5) is 0 Å². The first kappa shape index (κ1) is 21.9. The fourth-order valence-electron chi connectivity index (χ4n) is 9.79. The molecule has 166 valence electrons. The topological polar surface area (TPSA) is 17.1 Å². The molecule has 0 saturated heterocycles. The highest BCUT2D eigenvalue weighted by Gasteiger charge is 2.64. The molecule has 0 aliphatic heterocycles. The number of rotatable bonds is 4. The minimum atomic E-state index is 0.375. The summed E-state index contributed by atoms with van der Waals surface area (Å²) in [6.07, 6.45) is 12.2. The molecule has 0 amide bonds. The van der Waals surface area contributed by atoms with Crippen LogP contribution in [0.25, 0.3) is 0 Å². The Morgan fingerprint density at radius 2 is 1.72 bits per heavy atom. The van der Waals surface area contributed by atoms with E-state index in [1.807, 2.05) is 0 Å². The Labute approximate surface area is 181 Å². The second-order valence-electron chi connectivity index (χ2n) is 13.0. The molecule has 11 atom stereocenters. The average Bonchev–Trinajstić information content (AvgIpc) is 3.01. The number of hydrogen-bond acceptors (Lipinski definition) is 1. The van der Waals surface area contributed by atoms with Crippen LogP contribution in [-0.4, -0.2) is 5.78 Å². The van der Waals surface area contributed by atoms with Crippen LogP contribution in [0.2, 0.25) is 0 Å². The minimum absolute atomic E-state index is 0.375. The van der Waals surface area contributed by atoms with Crippen LogP contribution in [0, 0.1) is 64.1 Å². The Morgan fingerprint density at radius 3 is 2.41 bits per heavy atom. The predicted octanol–water partition coefficient (Wildman–Crippen LogP) is 7.78. The van der Waals surface area contributed by atoms with Gasteiger partial charge in [0.25, 0.3) is 0 Å². The third-order valence-electron chi connectivity index (χ3n) is 11.6. The summed E-state index contributed by atoms with van der Waals surface area (Å²) in [7, 11) is 0. The molecular weight excluding hydrogens is 352 g/mol. The van der Waals surface area contributed by atoms with Crippen molar-refractivity contribution in [2.45, 2.75) is 106 Å². The van der Waals surface area contributed by atoms with E-state index in [4.69, 9.17) is 0 Å². The van der Waals surface area contributed by atoms with Gasteiger partial charge in [0, 0.05) is 6.42 Å². The van der Waals surface area contributed by atoms with Crippen LogP contribution in [0.5, 0.6) is 0 Å². The Balaban J connectivity index is 1.61. The molecule has 29 heavy (non-hydrogen) atoms. The molecule has 0 aromatic carbocycles. The van der Waals surface area contributed by atoms with Crippen molar-refractivity contribution in [1.29, 1.82) is 0 Å². The highest BCUT2D eigenvalue weighted by Crippen LogP contribution is 2.71. The molecule has 0 heterocycles. The molecular formula is C28H48O. The van der Waals surface area contributed by atoms with E-state index >= 15 is 0 Å². The summed E-state index contributed by atoms with van der Waals surface area (Å²) in [5.74, 6) is 8.41. The molecule has 1 heteroatoms. The van der Waals surface area contributed by atoms with Gasteiger partial charge in [-0.3, -0.25) is 0 Å². The molecule has 0 N–H and O–H groups in total. The smallest absolute Gasteiger partial charge is 0.129 e. The summed E-state index contributed by atoms with van der Waals surface area (Å²) in [4.78, 5) is 11.6. The maximum atomic E-state index is 11.6. The molecule has 4 rings (SSSR count). The van der Waals surface area contributed by atoms with Crippen LogP contribution in [0.15, 0.2) is 0 Å². The van der Waals surface area contributed by atoms with E-state index in [9.17, 15) is 4.79 Å². The maximum absolute atomic E-state index is 11.6. The minimum Gasteiger partial charge on any atom is -0.300 e. The van der Waals surface area contributed by atoms with Gasteiger partial charge >= 0.3 is 0 Å². The van der Waals surface area contributed by atoms with Crippen LogP contribution >= 0.6 is 0 Å². The van der Waals surface area contributed by atoms with E-state index in [1.165, 1.54) is 44.9 Å². The number of carbonyl (C=O) groups is 1. The fourth-order valence-corrected chi connectivity index (χ4v) is 9.79. The first-order valence-electron chi connectivity index (χ1n) is 13.1. The molecule has 0 bridgehead atoms. The standard InChI is InChI=1S/C28H48O/c1-17-12-13-27(6)22(14-17)15-19(3)26-24-11-10-23(18(2)8-9-21(5)29)28(24,7)20(4)16-25(26)27/h17-20,22-26H,8-16H2,1-7H3. The summed E-state index contributed by atoms with van der Waals surface area (Å²) >= 11 is 0. The third-order valence-corrected chi connectivity index (χ3v) is 11.6. The lowest BCUT2D eigenvalue weighted by Gasteiger charge is -2.65. The molecule has 0 aromatic heterocycles. The van der Waals surface area contributed by atoms with Gasteiger partial charge in [-0.1, -0.05) is 48.0 Å². The number of carbonyl (C=O) groups excluding carboxylic acids is 1. The van der Waals surface area contributed by atoms with Gasteiger partial charge in [0.15, 0.2) is 0 Å². The van der Waals surface area contributed by atoms with E-state index in [2.05, 4.69) is 41.5 Å². The largest absolute Gasteiger partial charge is 0.300 e. The molecule has 11 unspecified atom stereocenters. The van der Waals surface area contributed by atoms with E-state index in [0.717, 1.165) is 60.2 Å². The zero-order chi connectivity index (χ0) is 21.1. The Bertz CT molecular complexity index is 624. The third kappa shape index (κ3) is 3.36. The lowest BCUT2D eigenvalue weighted by molar-refractivity contribution is -0.162. The molecule has 4 aliphatic rings.